The van der Waals surface area contributed by atoms with Crippen LogP contribution >= 0.6 is 0 Å². The molecule has 142 valence electrons. The monoisotopic (exact) mass is 367 g/mol. The van der Waals surface area contributed by atoms with Crippen LogP contribution in [0.4, 0.5) is 17.1 Å². The van der Waals surface area contributed by atoms with Gasteiger partial charge < -0.3 is 26.4 Å². The summed E-state index contributed by atoms with van der Waals surface area (Å²) >= 11 is 0. The van der Waals surface area contributed by atoms with Gasteiger partial charge in [0.05, 0.1) is 11.4 Å². The summed E-state index contributed by atoms with van der Waals surface area (Å²) in [6.07, 6.45) is 2.70. The Bertz CT molecular complexity index is 844. The normalized spacial score (nSPS) is 15.3. The summed E-state index contributed by atoms with van der Waals surface area (Å²) < 4.78 is 6.05. The van der Waals surface area contributed by atoms with E-state index in [-0.39, 0.29) is 11.8 Å². The van der Waals surface area contributed by atoms with Gasteiger partial charge >= 0.3 is 0 Å². The number of carbonyl (C=O) groups is 1. The molecule has 0 spiro atoms. The van der Waals surface area contributed by atoms with Gasteiger partial charge in [-0.15, -0.1) is 0 Å². The van der Waals surface area contributed by atoms with Crippen LogP contribution in [0.5, 0.6) is 5.75 Å². The van der Waals surface area contributed by atoms with E-state index < -0.39 is 0 Å². The molecule has 0 saturated carbocycles. The number of carbonyl (C=O) groups excluding carboxylic acids is 1. The van der Waals surface area contributed by atoms with Crippen molar-refractivity contribution in [3.63, 3.8) is 0 Å². The lowest BCUT2D eigenvalue weighted by Crippen LogP contribution is -2.35. The molecule has 0 aliphatic carbocycles. The number of rotatable bonds is 6. The molecule has 0 bridgehead atoms. The molecule has 2 aromatic rings. The second-order valence-electron chi connectivity index (χ2n) is 6.81. The summed E-state index contributed by atoms with van der Waals surface area (Å²) in [6.45, 7) is 2.02. The molecule has 27 heavy (non-hydrogen) atoms. The molecule has 1 aliphatic heterocycles. The predicted molar refractivity (Wildman–Crippen MR) is 108 cm³/mol. The maximum Gasteiger partial charge on any atom is 0.211 e. The molecule has 1 fully saturated rings. The molecule has 1 amide bonds. The van der Waals surface area contributed by atoms with E-state index in [2.05, 4.69) is 17.3 Å². The SMILES string of the molecule is CN1CCC(Oc2ccc(C(=N)c3cc(NC=O)ccc3N)cc2N)CC1. The molecule has 1 saturated heterocycles. The Labute approximate surface area is 158 Å². The molecule has 6 N–H and O–H groups in total. The first-order valence-electron chi connectivity index (χ1n) is 8.91. The smallest absolute Gasteiger partial charge is 0.211 e. The highest BCUT2D eigenvalue weighted by atomic mass is 16.5. The number of ether oxygens (including phenoxy) is 1. The maximum atomic E-state index is 10.6. The highest BCUT2D eigenvalue weighted by Gasteiger charge is 2.19. The van der Waals surface area contributed by atoms with Crippen LogP contribution in [0.3, 0.4) is 0 Å². The van der Waals surface area contributed by atoms with Crippen LogP contribution in [-0.2, 0) is 4.79 Å². The van der Waals surface area contributed by atoms with Gasteiger partial charge in [0.2, 0.25) is 6.41 Å². The molecule has 0 atom stereocenters. The Morgan fingerprint density at radius 2 is 1.93 bits per heavy atom. The minimum Gasteiger partial charge on any atom is -0.488 e. The Hall–Kier alpha value is -3.06. The summed E-state index contributed by atoms with van der Waals surface area (Å²) in [6, 6.07) is 10.4. The number of nitrogen functional groups attached to an aromatic ring is 2. The van der Waals surface area contributed by atoms with Gasteiger partial charge in [0, 0.05) is 35.6 Å². The lowest BCUT2D eigenvalue weighted by molar-refractivity contribution is -0.105. The molecular weight excluding hydrogens is 342 g/mol. The maximum absolute atomic E-state index is 10.6. The number of nitrogens with one attached hydrogen (secondary N) is 2. The average Bonchev–Trinajstić information content (AvgIpc) is 2.66. The van der Waals surface area contributed by atoms with Gasteiger partial charge in [-0.05, 0) is 56.3 Å². The number of likely N-dealkylation sites (tertiary alicyclic amines) is 1. The Kier molecular flexibility index (Phi) is 5.61. The first-order chi connectivity index (χ1) is 13.0. The first kappa shape index (κ1) is 18.7. The van der Waals surface area contributed by atoms with Crippen LogP contribution in [0.1, 0.15) is 24.0 Å². The fourth-order valence-corrected chi connectivity index (χ4v) is 3.18. The zero-order valence-electron chi connectivity index (χ0n) is 15.4. The van der Waals surface area contributed by atoms with E-state index in [9.17, 15) is 4.79 Å². The standard InChI is InChI=1S/C20H25N5O2/c1-25-8-6-15(7-9-25)27-19-5-2-13(10-18(19)22)20(23)16-11-14(24-12-26)3-4-17(16)21/h2-5,10-12,15,23H,6-9,21-22H2,1H3,(H,24,26). The third-order valence-corrected chi connectivity index (χ3v) is 4.81. The molecule has 0 radical (unpaired) electrons. The number of nitrogens with two attached hydrogens (primary N) is 2. The lowest BCUT2D eigenvalue weighted by atomic mass is 9.99. The van der Waals surface area contributed by atoms with Crippen molar-refractivity contribution in [1.82, 2.24) is 4.90 Å². The first-order valence-corrected chi connectivity index (χ1v) is 8.91. The van der Waals surface area contributed by atoms with Gasteiger partial charge in [-0.1, -0.05) is 0 Å². The second-order valence-corrected chi connectivity index (χ2v) is 6.81. The Balaban J connectivity index is 1.78. The number of amides is 1. The van der Waals surface area contributed by atoms with Crippen LogP contribution in [0.25, 0.3) is 0 Å². The molecule has 1 heterocycles. The number of anilines is 3. The summed E-state index contributed by atoms with van der Waals surface area (Å²) in [7, 11) is 2.11. The summed E-state index contributed by atoms with van der Waals surface area (Å²) in [5.41, 5.74) is 15.1. The van der Waals surface area contributed by atoms with Gasteiger partial charge in [0.25, 0.3) is 0 Å². The molecule has 0 aromatic heterocycles. The molecule has 7 heteroatoms. The second kappa shape index (κ2) is 8.09. The van der Waals surface area contributed by atoms with E-state index in [1.807, 2.05) is 6.07 Å². The molecule has 0 unspecified atom stereocenters. The van der Waals surface area contributed by atoms with E-state index in [0.717, 1.165) is 25.9 Å². The van der Waals surface area contributed by atoms with E-state index in [0.29, 0.717) is 40.3 Å². The molecule has 7 nitrogen and oxygen atoms in total. The summed E-state index contributed by atoms with van der Waals surface area (Å²) in [4.78, 5) is 12.9. The fraction of sp³-hybridized carbons (Fsp3) is 0.300. The van der Waals surface area contributed by atoms with Crippen molar-refractivity contribution in [2.75, 3.05) is 36.9 Å². The van der Waals surface area contributed by atoms with Crippen molar-refractivity contribution in [2.45, 2.75) is 18.9 Å². The molecular formula is C20H25N5O2. The van der Waals surface area contributed by atoms with Crippen molar-refractivity contribution in [2.24, 2.45) is 0 Å². The minimum absolute atomic E-state index is 0.163. The summed E-state index contributed by atoms with van der Waals surface area (Å²) in [5.74, 6) is 0.644. The van der Waals surface area contributed by atoms with Crippen molar-refractivity contribution < 1.29 is 9.53 Å². The molecule has 2 aromatic carbocycles. The third-order valence-electron chi connectivity index (χ3n) is 4.81. The predicted octanol–water partition coefficient (Wildman–Crippen LogP) is 2.31. The number of hydrogen-bond acceptors (Lipinski definition) is 6. The average molecular weight is 367 g/mol. The van der Waals surface area contributed by atoms with Crippen LogP contribution in [0, 0.1) is 5.41 Å². The number of nitrogens with zero attached hydrogens (tertiary/aromatic N) is 1. The molecule has 1 aliphatic rings. The van der Waals surface area contributed by atoms with E-state index >= 15 is 0 Å². The van der Waals surface area contributed by atoms with E-state index in [4.69, 9.17) is 21.6 Å². The number of hydrogen-bond donors (Lipinski definition) is 4. The summed E-state index contributed by atoms with van der Waals surface area (Å²) in [5, 5.41) is 11.1. The van der Waals surface area contributed by atoms with Crippen molar-refractivity contribution in [3.05, 3.63) is 47.5 Å². The Morgan fingerprint density at radius 1 is 1.19 bits per heavy atom. The van der Waals surface area contributed by atoms with Crippen molar-refractivity contribution >= 4 is 29.2 Å². The van der Waals surface area contributed by atoms with Gasteiger partial charge in [-0.3, -0.25) is 10.2 Å². The van der Waals surface area contributed by atoms with Gasteiger partial charge in [-0.2, -0.15) is 0 Å². The van der Waals surface area contributed by atoms with Gasteiger partial charge in [0.1, 0.15) is 11.9 Å². The number of benzene rings is 2. The zero-order valence-corrected chi connectivity index (χ0v) is 15.4. The van der Waals surface area contributed by atoms with Gasteiger partial charge in [-0.25, -0.2) is 0 Å². The van der Waals surface area contributed by atoms with E-state index in [1.165, 1.54) is 0 Å². The van der Waals surface area contributed by atoms with Crippen molar-refractivity contribution in [3.8, 4) is 5.75 Å². The van der Waals surface area contributed by atoms with Gasteiger partial charge in [0.15, 0.2) is 0 Å². The highest BCUT2D eigenvalue weighted by Crippen LogP contribution is 2.28. The minimum atomic E-state index is 0.163. The lowest BCUT2D eigenvalue weighted by Gasteiger charge is -2.29. The molecule has 3 rings (SSSR count). The van der Waals surface area contributed by atoms with Crippen LogP contribution in [-0.4, -0.2) is 43.3 Å². The van der Waals surface area contributed by atoms with Crippen LogP contribution in [0.15, 0.2) is 36.4 Å². The Morgan fingerprint density at radius 3 is 2.59 bits per heavy atom. The third kappa shape index (κ3) is 4.38. The topological polar surface area (TPSA) is 117 Å². The van der Waals surface area contributed by atoms with Crippen LogP contribution in [0.2, 0.25) is 0 Å². The highest BCUT2D eigenvalue weighted by molar-refractivity contribution is 6.14. The fourth-order valence-electron chi connectivity index (χ4n) is 3.18. The van der Waals surface area contributed by atoms with Crippen LogP contribution < -0.4 is 21.5 Å². The van der Waals surface area contributed by atoms with Crippen molar-refractivity contribution in [1.29, 1.82) is 5.41 Å². The zero-order chi connectivity index (χ0) is 19.4. The largest absolute Gasteiger partial charge is 0.488 e. The quantitative estimate of drug-likeness (QED) is 0.355. The number of piperidine rings is 1. The van der Waals surface area contributed by atoms with E-state index in [1.54, 1.807) is 30.3 Å².